The smallest absolute Gasteiger partial charge is 0.0430 e. The molecule has 0 fully saturated rings. The van der Waals surface area contributed by atoms with Gasteiger partial charge in [-0.15, -0.1) is 0 Å². The molecule has 0 rings (SSSR count). The van der Waals surface area contributed by atoms with Gasteiger partial charge in [-0.2, -0.15) is 0 Å². The van der Waals surface area contributed by atoms with Gasteiger partial charge in [-0.25, -0.2) is 0 Å². The molecule has 0 aromatic rings. The lowest BCUT2D eigenvalue weighted by atomic mass is 10.3. The first-order valence-electron chi connectivity index (χ1n) is 2.30. The van der Waals surface area contributed by atoms with Gasteiger partial charge in [0, 0.05) is 11.7 Å². The predicted molar refractivity (Wildman–Crippen MR) is 31.8 cm³/mol. The van der Waals surface area contributed by atoms with E-state index in [1.165, 1.54) is 0 Å². The quantitative estimate of drug-likeness (QED) is 0.515. The van der Waals surface area contributed by atoms with E-state index in [4.69, 9.17) is 5.73 Å². The number of rotatable bonds is 2. The summed E-state index contributed by atoms with van der Waals surface area (Å²) in [6, 6.07) is 0.236. The number of likely N-dealkylation sites (N-methyl/N-ethyl adjacent to an activating group) is 1. The van der Waals surface area contributed by atoms with Gasteiger partial charge in [0.2, 0.25) is 0 Å². The summed E-state index contributed by atoms with van der Waals surface area (Å²) in [5.41, 5.74) is 5.97. The molecule has 1 atom stereocenters. The molecule has 0 heterocycles. The van der Waals surface area contributed by atoms with Crippen molar-refractivity contribution in [2.75, 3.05) is 7.05 Å². The lowest BCUT2D eigenvalue weighted by molar-refractivity contribution is 0.687. The normalized spacial score (nSPS) is 13.4. The summed E-state index contributed by atoms with van der Waals surface area (Å²) in [5, 5.41) is 2.94. The van der Waals surface area contributed by atoms with Crippen molar-refractivity contribution in [2.45, 2.75) is 13.0 Å². The first-order chi connectivity index (χ1) is 3.18. The van der Waals surface area contributed by atoms with Crippen LogP contribution in [0, 0.1) is 0 Å². The average molecular weight is 100 g/mol. The Morgan fingerprint density at radius 3 is 2.29 bits per heavy atom. The first kappa shape index (κ1) is 6.50. The van der Waals surface area contributed by atoms with Gasteiger partial charge in [-0.1, -0.05) is 6.58 Å². The van der Waals surface area contributed by atoms with Gasteiger partial charge >= 0.3 is 0 Å². The van der Waals surface area contributed by atoms with Gasteiger partial charge in [0.05, 0.1) is 0 Å². The average Bonchev–Trinajstić information content (AvgIpc) is 1.65. The summed E-state index contributed by atoms with van der Waals surface area (Å²) in [6.45, 7) is 5.50. The third-order valence-electron chi connectivity index (χ3n) is 0.989. The maximum Gasteiger partial charge on any atom is 0.0430 e. The SMILES string of the molecule is C=C(N)[C@H](C)NC. The Morgan fingerprint density at radius 1 is 1.86 bits per heavy atom. The zero-order valence-electron chi connectivity index (χ0n) is 4.86. The molecular formula is C5H12N2. The van der Waals surface area contributed by atoms with Crippen molar-refractivity contribution >= 4 is 0 Å². The van der Waals surface area contributed by atoms with Crippen molar-refractivity contribution < 1.29 is 0 Å². The van der Waals surface area contributed by atoms with Crippen LogP contribution in [-0.2, 0) is 0 Å². The van der Waals surface area contributed by atoms with E-state index in [2.05, 4.69) is 11.9 Å². The Bertz CT molecular complexity index is 68.5. The fraction of sp³-hybridized carbons (Fsp3) is 0.600. The minimum absolute atomic E-state index is 0.236. The fourth-order valence-corrected chi connectivity index (χ4v) is 0.185. The molecule has 3 N–H and O–H groups in total. The minimum Gasteiger partial charge on any atom is -0.401 e. The summed E-state index contributed by atoms with van der Waals surface area (Å²) < 4.78 is 0. The Labute approximate surface area is 44.4 Å². The highest BCUT2D eigenvalue weighted by Crippen LogP contribution is 1.84. The molecule has 0 aliphatic rings. The third kappa shape index (κ3) is 2.23. The van der Waals surface area contributed by atoms with Crippen LogP contribution in [0.4, 0.5) is 0 Å². The monoisotopic (exact) mass is 100 g/mol. The maximum absolute atomic E-state index is 5.29. The molecule has 0 aliphatic carbocycles. The van der Waals surface area contributed by atoms with Crippen LogP contribution in [0.5, 0.6) is 0 Å². The number of hydrogen-bond acceptors (Lipinski definition) is 2. The van der Waals surface area contributed by atoms with E-state index in [1.807, 2.05) is 14.0 Å². The molecule has 7 heavy (non-hydrogen) atoms. The van der Waals surface area contributed by atoms with Crippen molar-refractivity contribution in [1.82, 2.24) is 5.32 Å². The second-order valence-corrected chi connectivity index (χ2v) is 1.59. The van der Waals surface area contributed by atoms with E-state index in [1.54, 1.807) is 0 Å². The summed E-state index contributed by atoms with van der Waals surface area (Å²) in [4.78, 5) is 0. The molecular weight excluding hydrogens is 88.1 g/mol. The summed E-state index contributed by atoms with van der Waals surface area (Å²) in [5.74, 6) is 0. The number of nitrogens with two attached hydrogens (primary N) is 1. The Morgan fingerprint density at radius 2 is 2.29 bits per heavy atom. The number of nitrogens with one attached hydrogen (secondary N) is 1. The molecule has 0 saturated carbocycles. The molecule has 0 bridgehead atoms. The molecule has 0 amide bonds. The maximum atomic E-state index is 5.29. The topological polar surface area (TPSA) is 38.0 Å². The molecule has 2 heteroatoms. The molecule has 0 aromatic heterocycles. The zero-order chi connectivity index (χ0) is 5.86. The highest BCUT2D eigenvalue weighted by Gasteiger charge is 1.94. The van der Waals surface area contributed by atoms with E-state index in [9.17, 15) is 0 Å². The van der Waals surface area contributed by atoms with Crippen LogP contribution in [-0.4, -0.2) is 13.1 Å². The number of hydrogen-bond donors (Lipinski definition) is 2. The van der Waals surface area contributed by atoms with Crippen LogP contribution < -0.4 is 11.1 Å². The minimum atomic E-state index is 0.236. The highest BCUT2D eigenvalue weighted by molar-refractivity contribution is 4.96. The largest absolute Gasteiger partial charge is 0.401 e. The third-order valence-corrected chi connectivity index (χ3v) is 0.989. The van der Waals surface area contributed by atoms with Gasteiger partial charge in [0.15, 0.2) is 0 Å². The van der Waals surface area contributed by atoms with Crippen LogP contribution in [0.2, 0.25) is 0 Å². The fourth-order valence-electron chi connectivity index (χ4n) is 0.185. The van der Waals surface area contributed by atoms with E-state index in [0.29, 0.717) is 5.70 Å². The van der Waals surface area contributed by atoms with Gasteiger partial charge in [-0.05, 0) is 14.0 Å². The van der Waals surface area contributed by atoms with Crippen molar-refractivity contribution in [1.29, 1.82) is 0 Å². The molecule has 2 nitrogen and oxygen atoms in total. The van der Waals surface area contributed by atoms with Crippen molar-refractivity contribution in [3.63, 3.8) is 0 Å². The van der Waals surface area contributed by atoms with Gasteiger partial charge in [-0.3, -0.25) is 0 Å². The second-order valence-electron chi connectivity index (χ2n) is 1.59. The lowest BCUT2D eigenvalue weighted by Crippen LogP contribution is -2.26. The van der Waals surface area contributed by atoms with Crippen molar-refractivity contribution in [3.05, 3.63) is 12.3 Å². The molecule has 42 valence electrons. The van der Waals surface area contributed by atoms with Crippen molar-refractivity contribution in [2.24, 2.45) is 5.73 Å². The van der Waals surface area contributed by atoms with E-state index < -0.39 is 0 Å². The van der Waals surface area contributed by atoms with Gasteiger partial charge < -0.3 is 11.1 Å². The van der Waals surface area contributed by atoms with E-state index >= 15 is 0 Å². The van der Waals surface area contributed by atoms with Crippen LogP contribution >= 0.6 is 0 Å². The lowest BCUT2D eigenvalue weighted by Gasteiger charge is -2.06. The Balaban J connectivity index is 3.34. The van der Waals surface area contributed by atoms with Crippen LogP contribution in [0.15, 0.2) is 12.3 Å². The first-order valence-corrected chi connectivity index (χ1v) is 2.30. The summed E-state index contributed by atoms with van der Waals surface area (Å²) in [7, 11) is 1.85. The molecule has 0 saturated heterocycles. The van der Waals surface area contributed by atoms with Crippen molar-refractivity contribution in [3.8, 4) is 0 Å². The van der Waals surface area contributed by atoms with Crippen LogP contribution in [0.25, 0.3) is 0 Å². The summed E-state index contributed by atoms with van der Waals surface area (Å²) in [6.07, 6.45) is 0. The van der Waals surface area contributed by atoms with E-state index in [-0.39, 0.29) is 6.04 Å². The summed E-state index contributed by atoms with van der Waals surface area (Å²) >= 11 is 0. The standard InChI is InChI=1S/C5H12N2/c1-4(6)5(2)7-3/h5,7H,1,6H2,2-3H3/t5-/m0/s1. The molecule has 0 spiro atoms. The zero-order valence-corrected chi connectivity index (χ0v) is 4.86. The Kier molecular flexibility index (Phi) is 2.45. The van der Waals surface area contributed by atoms with Crippen LogP contribution in [0.1, 0.15) is 6.92 Å². The molecule has 0 unspecified atom stereocenters. The molecule has 0 aliphatic heterocycles. The molecule has 0 radical (unpaired) electrons. The van der Waals surface area contributed by atoms with Crippen LogP contribution in [0.3, 0.4) is 0 Å². The van der Waals surface area contributed by atoms with Gasteiger partial charge in [0.25, 0.3) is 0 Å². The van der Waals surface area contributed by atoms with E-state index in [0.717, 1.165) is 0 Å². The predicted octanol–water partition coefficient (Wildman–Crippen LogP) is 0.0667. The second kappa shape index (κ2) is 2.64. The molecule has 0 aromatic carbocycles. The Hall–Kier alpha value is -0.500. The van der Waals surface area contributed by atoms with Gasteiger partial charge in [0.1, 0.15) is 0 Å². The highest BCUT2D eigenvalue weighted by atomic mass is 14.9.